The van der Waals surface area contributed by atoms with Crippen molar-refractivity contribution in [2.45, 2.75) is 18.5 Å². The van der Waals surface area contributed by atoms with Crippen molar-refractivity contribution >= 4 is 0 Å². The zero-order valence-electron chi connectivity index (χ0n) is 15.1. The summed E-state index contributed by atoms with van der Waals surface area (Å²) in [5.41, 5.74) is -8.86. The van der Waals surface area contributed by atoms with Crippen LogP contribution < -0.4 is 0 Å². The van der Waals surface area contributed by atoms with Crippen molar-refractivity contribution in [2.75, 3.05) is 0 Å². The second-order valence-electron chi connectivity index (χ2n) is 6.33. The predicted molar refractivity (Wildman–Crippen MR) is 87.8 cm³/mol. The number of nitrogens with zero attached hydrogens (tertiary/aromatic N) is 2. The van der Waals surface area contributed by atoms with E-state index in [-0.39, 0.29) is 12.1 Å². The Morgan fingerprint density at radius 3 is 1.72 bits per heavy atom. The predicted octanol–water partition coefficient (Wildman–Crippen LogP) is 7.15. The zero-order valence-corrected chi connectivity index (χ0v) is 15.1. The summed E-state index contributed by atoms with van der Waals surface area (Å²) in [6, 6.07) is 2.02. The van der Waals surface area contributed by atoms with E-state index in [1.54, 1.807) is 0 Å². The van der Waals surface area contributed by atoms with E-state index in [0.717, 1.165) is 0 Å². The molecule has 0 atom stereocenters. The van der Waals surface area contributed by atoms with Gasteiger partial charge in [0.25, 0.3) is 0 Å². The fourth-order valence-electron chi connectivity index (χ4n) is 2.72. The van der Waals surface area contributed by atoms with Crippen molar-refractivity contribution in [2.24, 2.45) is 0 Å². The Morgan fingerprint density at radius 2 is 1.16 bits per heavy atom. The van der Waals surface area contributed by atoms with E-state index in [1.807, 2.05) is 0 Å². The highest BCUT2D eigenvalue weighted by atomic mass is 19.4. The lowest BCUT2D eigenvalue weighted by Crippen LogP contribution is -2.13. The quantitative estimate of drug-likeness (QED) is 0.371. The smallest absolute Gasteiger partial charge is 0.255 e. The summed E-state index contributed by atoms with van der Waals surface area (Å²) in [5, 5.41) is 0. The Labute approximate surface area is 171 Å². The van der Waals surface area contributed by atoms with Crippen LogP contribution in [0.3, 0.4) is 0 Å². The van der Waals surface area contributed by atoms with E-state index >= 15 is 0 Å². The molecule has 0 spiro atoms. The van der Waals surface area contributed by atoms with Gasteiger partial charge in [0.1, 0.15) is 17.2 Å². The molecule has 32 heavy (non-hydrogen) atoms. The highest BCUT2D eigenvalue weighted by Gasteiger charge is 2.39. The Bertz CT molecular complexity index is 1160. The Balaban J connectivity index is 2.29. The molecule has 170 valence electrons. The van der Waals surface area contributed by atoms with Crippen LogP contribution in [0, 0.1) is 11.6 Å². The van der Waals surface area contributed by atoms with Crippen LogP contribution in [0.1, 0.15) is 16.7 Å². The van der Waals surface area contributed by atoms with Crippen LogP contribution >= 0.6 is 0 Å². The summed E-state index contributed by atoms with van der Waals surface area (Å²) < 4.78 is 146. The number of halogens is 11. The van der Waals surface area contributed by atoms with E-state index in [1.165, 1.54) is 0 Å². The number of hydrogen-bond acceptors (Lipinski definition) is 2. The first-order chi connectivity index (χ1) is 14.6. The van der Waals surface area contributed by atoms with Crippen LogP contribution in [-0.4, -0.2) is 9.97 Å². The number of rotatable bonds is 2. The standard InChI is InChI=1S/C19H7F11N2/c20-11-2-1-10(16(21)15(11)19(28,29)30)12-6-9(18(25,26)27)7-14(32-12)13-5-8(3-4-31-13)17(22,23)24/h1-7H. The van der Waals surface area contributed by atoms with Gasteiger partial charge in [-0.25, -0.2) is 13.8 Å². The largest absolute Gasteiger partial charge is 0.422 e. The lowest BCUT2D eigenvalue weighted by Gasteiger charge is -2.15. The summed E-state index contributed by atoms with van der Waals surface area (Å²) in [4.78, 5) is 7.08. The first kappa shape index (κ1) is 23.4. The van der Waals surface area contributed by atoms with Crippen LogP contribution in [-0.2, 0) is 18.5 Å². The molecule has 0 N–H and O–H groups in total. The zero-order chi connectivity index (χ0) is 24.1. The fourth-order valence-corrected chi connectivity index (χ4v) is 2.72. The minimum Gasteiger partial charge on any atom is -0.255 e. The van der Waals surface area contributed by atoms with Crippen LogP contribution in [0.2, 0.25) is 0 Å². The summed E-state index contributed by atoms with van der Waals surface area (Å²) in [6.07, 6.45) is -14.9. The van der Waals surface area contributed by atoms with E-state index in [2.05, 4.69) is 9.97 Å². The molecule has 0 saturated heterocycles. The van der Waals surface area contributed by atoms with Crippen LogP contribution in [0.15, 0.2) is 42.6 Å². The monoisotopic (exact) mass is 472 g/mol. The highest BCUT2D eigenvalue weighted by Crippen LogP contribution is 2.40. The second-order valence-corrected chi connectivity index (χ2v) is 6.33. The van der Waals surface area contributed by atoms with Crippen molar-refractivity contribution in [1.29, 1.82) is 0 Å². The van der Waals surface area contributed by atoms with E-state index in [9.17, 15) is 48.3 Å². The number of pyridine rings is 2. The molecule has 0 fully saturated rings. The third-order valence-corrected chi connectivity index (χ3v) is 4.15. The minimum absolute atomic E-state index is 0.186. The summed E-state index contributed by atoms with van der Waals surface area (Å²) >= 11 is 0. The average molecular weight is 472 g/mol. The molecule has 3 rings (SSSR count). The van der Waals surface area contributed by atoms with Crippen molar-refractivity contribution in [1.82, 2.24) is 9.97 Å². The van der Waals surface area contributed by atoms with E-state index < -0.39 is 69.5 Å². The minimum atomic E-state index is -5.52. The molecular weight excluding hydrogens is 465 g/mol. The van der Waals surface area contributed by atoms with Crippen LogP contribution in [0.5, 0.6) is 0 Å². The van der Waals surface area contributed by atoms with Crippen molar-refractivity contribution in [3.8, 4) is 22.6 Å². The molecule has 0 amide bonds. The van der Waals surface area contributed by atoms with Gasteiger partial charge in [-0.3, -0.25) is 4.98 Å². The molecule has 0 aliphatic carbocycles. The molecule has 2 nitrogen and oxygen atoms in total. The maximum Gasteiger partial charge on any atom is 0.422 e. The van der Waals surface area contributed by atoms with Crippen LogP contribution in [0.4, 0.5) is 48.3 Å². The summed E-state index contributed by atoms with van der Waals surface area (Å²) in [5.74, 6) is -4.24. The second kappa shape index (κ2) is 7.71. The maximum atomic E-state index is 14.5. The molecule has 0 bridgehead atoms. The molecule has 3 aromatic rings. The molecule has 1 aromatic carbocycles. The molecular formula is C19H7F11N2. The van der Waals surface area contributed by atoms with Crippen molar-refractivity contribution < 1.29 is 48.3 Å². The summed E-state index contributed by atoms with van der Waals surface area (Å²) in [7, 11) is 0. The Morgan fingerprint density at radius 1 is 0.594 bits per heavy atom. The van der Waals surface area contributed by atoms with Gasteiger partial charge in [0.05, 0.1) is 28.2 Å². The van der Waals surface area contributed by atoms with Gasteiger partial charge >= 0.3 is 18.5 Å². The Kier molecular flexibility index (Phi) is 5.64. The third kappa shape index (κ3) is 4.65. The van der Waals surface area contributed by atoms with Crippen molar-refractivity contribution in [3.05, 3.63) is 70.9 Å². The number of hydrogen-bond donors (Lipinski definition) is 0. The fraction of sp³-hybridized carbons (Fsp3) is 0.158. The topological polar surface area (TPSA) is 25.8 Å². The van der Waals surface area contributed by atoms with Gasteiger partial charge in [-0.2, -0.15) is 39.5 Å². The van der Waals surface area contributed by atoms with E-state index in [0.29, 0.717) is 30.5 Å². The van der Waals surface area contributed by atoms with E-state index in [4.69, 9.17) is 0 Å². The first-order valence-corrected chi connectivity index (χ1v) is 8.27. The SMILES string of the molecule is Fc1ccc(-c2cc(C(F)(F)F)cc(-c3cc(C(F)(F)F)ccn3)n2)c(F)c1C(F)(F)F. The molecule has 2 aromatic heterocycles. The van der Waals surface area contributed by atoms with Gasteiger partial charge in [0.15, 0.2) is 0 Å². The molecule has 0 saturated carbocycles. The molecule has 13 heteroatoms. The lowest BCUT2D eigenvalue weighted by molar-refractivity contribution is -0.142. The van der Waals surface area contributed by atoms with Gasteiger partial charge in [0, 0.05) is 11.8 Å². The maximum absolute atomic E-state index is 14.5. The molecule has 2 heterocycles. The normalized spacial score (nSPS) is 12.8. The third-order valence-electron chi connectivity index (χ3n) is 4.15. The van der Waals surface area contributed by atoms with Crippen molar-refractivity contribution in [3.63, 3.8) is 0 Å². The summed E-state index contributed by atoms with van der Waals surface area (Å²) in [6.45, 7) is 0. The van der Waals surface area contributed by atoms with Gasteiger partial charge < -0.3 is 0 Å². The van der Waals surface area contributed by atoms with Crippen LogP contribution in [0.25, 0.3) is 22.6 Å². The van der Waals surface area contributed by atoms with Gasteiger partial charge in [-0.05, 0) is 36.4 Å². The van der Waals surface area contributed by atoms with Gasteiger partial charge in [-0.15, -0.1) is 0 Å². The molecule has 0 unspecified atom stereocenters. The van der Waals surface area contributed by atoms with Gasteiger partial charge in [-0.1, -0.05) is 0 Å². The molecule has 0 aliphatic rings. The molecule has 0 aliphatic heterocycles. The number of aromatic nitrogens is 2. The first-order valence-electron chi connectivity index (χ1n) is 8.27. The molecule has 0 radical (unpaired) electrons. The van der Waals surface area contributed by atoms with Gasteiger partial charge in [0.2, 0.25) is 0 Å². The average Bonchev–Trinajstić information content (AvgIpc) is 2.65. The Hall–Kier alpha value is -3.25. The lowest BCUT2D eigenvalue weighted by atomic mass is 10.0. The number of alkyl halides is 9. The number of benzene rings is 1. The highest BCUT2D eigenvalue weighted by molar-refractivity contribution is 5.67.